The molecule has 1 aromatic heterocycles. The smallest absolute Gasteiger partial charge is 0.374 e. The third kappa shape index (κ3) is 5.39. The van der Waals surface area contributed by atoms with Gasteiger partial charge >= 0.3 is 5.97 Å². The van der Waals surface area contributed by atoms with Gasteiger partial charge in [-0.25, -0.2) is 4.79 Å². The Balaban J connectivity index is 1.78. The van der Waals surface area contributed by atoms with Crippen molar-refractivity contribution in [3.8, 4) is 0 Å². The van der Waals surface area contributed by atoms with Gasteiger partial charge in [0, 0.05) is 19.0 Å². The summed E-state index contributed by atoms with van der Waals surface area (Å²) in [5.74, 6) is -0.917. The number of aryl methyl sites for hydroxylation is 1. The summed E-state index contributed by atoms with van der Waals surface area (Å²) in [5, 5.41) is 2.74. The lowest BCUT2D eigenvalue weighted by atomic mass is 10.1. The Morgan fingerprint density at radius 2 is 1.88 bits per heavy atom. The van der Waals surface area contributed by atoms with Gasteiger partial charge in [0.25, 0.3) is 0 Å². The first-order valence-electron chi connectivity index (χ1n) is 7.63. The summed E-state index contributed by atoms with van der Waals surface area (Å²) in [6.45, 7) is 1.78. The van der Waals surface area contributed by atoms with Crippen LogP contribution in [0, 0.1) is 0 Å². The zero-order chi connectivity index (χ0) is 17.4. The van der Waals surface area contributed by atoms with E-state index in [0.29, 0.717) is 12.1 Å². The SMILES string of the molecule is CC(=O)NCCCc1ccc(C(=O)COC(=O)c2ccco2)cc1. The predicted molar refractivity (Wildman–Crippen MR) is 86.8 cm³/mol. The van der Waals surface area contributed by atoms with Crippen molar-refractivity contribution >= 4 is 17.7 Å². The first kappa shape index (κ1) is 17.5. The summed E-state index contributed by atoms with van der Waals surface area (Å²) in [5.41, 5.74) is 1.55. The summed E-state index contributed by atoms with van der Waals surface area (Å²) < 4.78 is 9.81. The molecule has 2 aromatic rings. The first-order chi connectivity index (χ1) is 11.6. The Labute approximate surface area is 139 Å². The Bertz CT molecular complexity index is 689. The minimum Gasteiger partial charge on any atom is -0.457 e. The molecular weight excluding hydrogens is 310 g/mol. The molecule has 0 unspecified atom stereocenters. The second kappa shape index (κ2) is 8.67. The maximum atomic E-state index is 12.0. The summed E-state index contributed by atoms with van der Waals surface area (Å²) >= 11 is 0. The molecule has 0 aliphatic carbocycles. The van der Waals surface area contributed by atoms with E-state index in [1.165, 1.54) is 19.3 Å². The van der Waals surface area contributed by atoms with Gasteiger partial charge in [-0.1, -0.05) is 24.3 Å². The normalized spacial score (nSPS) is 10.2. The topological polar surface area (TPSA) is 85.6 Å². The van der Waals surface area contributed by atoms with Crippen molar-refractivity contribution in [3.05, 3.63) is 59.5 Å². The van der Waals surface area contributed by atoms with E-state index in [1.807, 2.05) is 12.1 Å². The predicted octanol–water partition coefficient (Wildman–Crippen LogP) is 2.39. The molecule has 6 nitrogen and oxygen atoms in total. The monoisotopic (exact) mass is 329 g/mol. The van der Waals surface area contributed by atoms with Crippen LogP contribution in [0.2, 0.25) is 0 Å². The number of esters is 1. The third-order valence-electron chi connectivity index (χ3n) is 3.35. The molecule has 1 amide bonds. The number of benzene rings is 1. The molecule has 1 heterocycles. The van der Waals surface area contributed by atoms with Crippen LogP contribution < -0.4 is 5.32 Å². The number of carbonyl (C=O) groups excluding carboxylic acids is 3. The highest BCUT2D eigenvalue weighted by atomic mass is 16.5. The molecule has 0 bridgehead atoms. The van der Waals surface area contributed by atoms with Crippen molar-refractivity contribution in [2.45, 2.75) is 19.8 Å². The molecule has 0 spiro atoms. The van der Waals surface area contributed by atoms with E-state index in [1.54, 1.807) is 18.2 Å². The third-order valence-corrected chi connectivity index (χ3v) is 3.35. The highest BCUT2D eigenvalue weighted by Gasteiger charge is 2.13. The van der Waals surface area contributed by atoms with Crippen LogP contribution in [-0.4, -0.2) is 30.8 Å². The number of nitrogens with one attached hydrogen (secondary N) is 1. The molecule has 1 aromatic carbocycles. The zero-order valence-electron chi connectivity index (χ0n) is 13.4. The molecule has 0 aliphatic rings. The van der Waals surface area contributed by atoms with Gasteiger partial charge in [0.05, 0.1) is 6.26 Å². The van der Waals surface area contributed by atoms with Crippen LogP contribution in [0.1, 0.15) is 39.8 Å². The number of carbonyl (C=O) groups is 3. The van der Waals surface area contributed by atoms with Crippen molar-refractivity contribution in [2.24, 2.45) is 0 Å². The average Bonchev–Trinajstić information content (AvgIpc) is 3.11. The van der Waals surface area contributed by atoms with E-state index in [2.05, 4.69) is 5.32 Å². The van der Waals surface area contributed by atoms with Crippen LogP contribution in [-0.2, 0) is 16.0 Å². The molecule has 0 atom stereocenters. The fourth-order valence-electron chi connectivity index (χ4n) is 2.09. The lowest BCUT2D eigenvalue weighted by Crippen LogP contribution is -2.21. The Morgan fingerprint density at radius 3 is 2.50 bits per heavy atom. The standard InChI is InChI=1S/C18H19NO5/c1-13(20)19-10-2-4-14-6-8-15(9-7-14)16(21)12-24-18(22)17-5-3-11-23-17/h3,5-9,11H,2,4,10,12H2,1H3,(H,19,20). The fraction of sp³-hybridized carbons (Fsp3) is 0.278. The number of Topliss-reactive ketones (excluding diaryl/α,β-unsaturated/α-hetero) is 1. The number of amides is 1. The van der Waals surface area contributed by atoms with Gasteiger partial charge in [-0.3, -0.25) is 9.59 Å². The quantitative estimate of drug-likeness (QED) is 0.456. The molecular formula is C18H19NO5. The molecule has 0 saturated carbocycles. The summed E-state index contributed by atoms with van der Waals surface area (Å²) in [4.78, 5) is 34.4. The molecule has 24 heavy (non-hydrogen) atoms. The van der Waals surface area contributed by atoms with Crippen LogP contribution in [0.5, 0.6) is 0 Å². The van der Waals surface area contributed by atoms with Crippen molar-refractivity contribution in [3.63, 3.8) is 0 Å². The number of ether oxygens (including phenoxy) is 1. The van der Waals surface area contributed by atoms with E-state index in [9.17, 15) is 14.4 Å². The van der Waals surface area contributed by atoms with Crippen molar-refractivity contribution in [1.29, 1.82) is 0 Å². The minimum atomic E-state index is -0.664. The van der Waals surface area contributed by atoms with Gasteiger partial charge in [0.2, 0.25) is 11.7 Å². The molecule has 0 radical (unpaired) electrons. The van der Waals surface area contributed by atoms with Gasteiger partial charge < -0.3 is 14.5 Å². The van der Waals surface area contributed by atoms with E-state index in [4.69, 9.17) is 9.15 Å². The summed E-state index contributed by atoms with van der Waals surface area (Å²) in [6.07, 6.45) is 3.00. The maximum absolute atomic E-state index is 12.0. The Kier molecular flexibility index (Phi) is 6.31. The van der Waals surface area contributed by atoms with Gasteiger partial charge in [-0.15, -0.1) is 0 Å². The second-order valence-electron chi connectivity index (χ2n) is 5.26. The van der Waals surface area contributed by atoms with Crippen LogP contribution in [0.15, 0.2) is 47.1 Å². The molecule has 0 aliphatic heterocycles. The van der Waals surface area contributed by atoms with E-state index in [-0.39, 0.29) is 24.1 Å². The molecule has 126 valence electrons. The highest BCUT2D eigenvalue weighted by molar-refractivity contribution is 5.98. The fourth-order valence-corrected chi connectivity index (χ4v) is 2.09. The zero-order valence-corrected chi connectivity index (χ0v) is 13.4. The van der Waals surface area contributed by atoms with Crippen LogP contribution in [0.3, 0.4) is 0 Å². The van der Waals surface area contributed by atoms with Crippen LogP contribution in [0.4, 0.5) is 0 Å². The van der Waals surface area contributed by atoms with Gasteiger partial charge in [0.1, 0.15) is 0 Å². The van der Waals surface area contributed by atoms with Crippen molar-refractivity contribution < 1.29 is 23.5 Å². The van der Waals surface area contributed by atoms with Crippen LogP contribution >= 0.6 is 0 Å². The van der Waals surface area contributed by atoms with Gasteiger partial charge in [-0.05, 0) is 30.5 Å². The Morgan fingerprint density at radius 1 is 1.12 bits per heavy atom. The number of ketones is 1. The van der Waals surface area contributed by atoms with E-state index >= 15 is 0 Å². The largest absolute Gasteiger partial charge is 0.457 e. The van der Waals surface area contributed by atoms with Crippen molar-refractivity contribution in [2.75, 3.05) is 13.2 Å². The molecule has 6 heteroatoms. The lowest BCUT2D eigenvalue weighted by Gasteiger charge is -2.05. The first-order valence-corrected chi connectivity index (χ1v) is 7.63. The lowest BCUT2D eigenvalue weighted by molar-refractivity contribution is -0.118. The van der Waals surface area contributed by atoms with Gasteiger partial charge in [0.15, 0.2) is 12.4 Å². The van der Waals surface area contributed by atoms with Gasteiger partial charge in [-0.2, -0.15) is 0 Å². The molecule has 0 saturated heterocycles. The highest BCUT2D eigenvalue weighted by Crippen LogP contribution is 2.09. The molecule has 1 N–H and O–H groups in total. The average molecular weight is 329 g/mol. The maximum Gasteiger partial charge on any atom is 0.374 e. The van der Waals surface area contributed by atoms with E-state index in [0.717, 1.165) is 18.4 Å². The van der Waals surface area contributed by atoms with E-state index < -0.39 is 5.97 Å². The Hall–Kier alpha value is -2.89. The molecule has 2 rings (SSSR count). The summed E-state index contributed by atoms with van der Waals surface area (Å²) in [6, 6.07) is 10.2. The number of hydrogen-bond donors (Lipinski definition) is 1. The second-order valence-corrected chi connectivity index (χ2v) is 5.26. The molecule has 0 fully saturated rings. The summed E-state index contributed by atoms with van der Waals surface area (Å²) in [7, 11) is 0. The number of hydrogen-bond acceptors (Lipinski definition) is 5. The number of rotatable bonds is 8. The van der Waals surface area contributed by atoms with Crippen LogP contribution in [0.25, 0.3) is 0 Å². The van der Waals surface area contributed by atoms with Crippen molar-refractivity contribution in [1.82, 2.24) is 5.32 Å². The minimum absolute atomic E-state index is 0.0416. The number of furan rings is 1.